The summed E-state index contributed by atoms with van der Waals surface area (Å²) in [5.41, 5.74) is 8.18. The molecule has 0 saturated heterocycles. The van der Waals surface area contributed by atoms with Crippen LogP contribution in [0.3, 0.4) is 0 Å². The van der Waals surface area contributed by atoms with E-state index in [9.17, 15) is 0 Å². The highest BCUT2D eigenvalue weighted by atomic mass is 14.7. The number of aromatic nitrogens is 2. The van der Waals surface area contributed by atoms with E-state index in [-0.39, 0.29) is 0 Å². The third-order valence-corrected chi connectivity index (χ3v) is 1.96. The van der Waals surface area contributed by atoms with Crippen LogP contribution in [0.4, 0.5) is 5.69 Å². The number of hydrogen-bond acceptors (Lipinski definition) is 4. The summed E-state index contributed by atoms with van der Waals surface area (Å²) < 4.78 is 0. The molecule has 0 aliphatic heterocycles. The molecule has 0 aromatic carbocycles. The first-order valence-corrected chi connectivity index (χ1v) is 4.37. The summed E-state index contributed by atoms with van der Waals surface area (Å²) in [6.07, 6.45) is 3.17. The largest absolute Gasteiger partial charge is 0.397 e. The average molecular weight is 196 g/mol. The second-order valence-corrected chi connectivity index (χ2v) is 3.02. The molecular formula is C11H8N4. The standard InChI is InChI=1S/C11H8N4/c12-6-10-5-8(3-4-14-10)11-2-1-9(13)7-15-11/h1-5,7H,13H2. The molecule has 2 N–H and O–H groups in total. The van der Waals surface area contributed by atoms with Crippen LogP contribution in [0.5, 0.6) is 0 Å². The lowest BCUT2D eigenvalue weighted by Crippen LogP contribution is -1.89. The molecule has 4 nitrogen and oxygen atoms in total. The van der Waals surface area contributed by atoms with Crippen molar-refractivity contribution in [2.75, 3.05) is 5.73 Å². The molecule has 4 heteroatoms. The molecule has 0 atom stereocenters. The van der Waals surface area contributed by atoms with Gasteiger partial charge in [0.05, 0.1) is 17.6 Å². The molecule has 0 unspecified atom stereocenters. The van der Waals surface area contributed by atoms with Crippen molar-refractivity contribution >= 4 is 5.69 Å². The zero-order chi connectivity index (χ0) is 10.7. The van der Waals surface area contributed by atoms with Gasteiger partial charge in [-0.2, -0.15) is 5.26 Å². The number of nitrogens with two attached hydrogens (primary N) is 1. The van der Waals surface area contributed by atoms with E-state index in [1.54, 1.807) is 30.6 Å². The van der Waals surface area contributed by atoms with Crippen molar-refractivity contribution in [2.45, 2.75) is 0 Å². The van der Waals surface area contributed by atoms with E-state index in [0.29, 0.717) is 11.4 Å². The van der Waals surface area contributed by atoms with Crippen LogP contribution in [-0.4, -0.2) is 9.97 Å². The van der Waals surface area contributed by atoms with Crippen molar-refractivity contribution < 1.29 is 0 Å². The first-order chi connectivity index (χ1) is 7.29. The summed E-state index contributed by atoms with van der Waals surface area (Å²) in [7, 11) is 0. The van der Waals surface area contributed by atoms with Crippen LogP contribution in [0, 0.1) is 11.3 Å². The van der Waals surface area contributed by atoms with Crippen LogP contribution in [0.25, 0.3) is 11.3 Å². The number of rotatable bonds is 1. The van der Waals surface area contributed by atoms with Crippen molar-refractivity contribution in [2.24, 2.45) is 0 Å². The molecule has 2 aromatic heterocycles. The molecule has 0 radical (unpaired) electrons. The number of anilines is 1. The number of nitrogens with zero attached hydrogens (tertiary/aromatic N) is 3. The van der Waals surface area contributed by atoms with Gasteiger partial charge in [-0.3, -0.25) is 4.98 Å². The number of nitrogen functional groups attached to an aromatic ring is 1. The summed E-state index contributed by atoms with van der Waals surface area (Å²) in [6, 6.07) is 9.07. The summed E-state index contributed by atoms with van der Waals surface area (Å²) in [6.45, 7) is 0. The van der Waals surface area contributed by atoms with Gasteiger partial charge in [-0.05, 0) is 24.3 Å². The van der Waals surface area contributed by atoms with Gasteiger partial charge in [0.1, 0.15) is 11.8 Å². The Labute approximate surface area is 87.0 Å². The van der Waals surface area contributed by atoms with Crippen molar-refractivity contribution in [1.82, 2.24) is 9.97 Å². The lowest BCUT2D eigenvalue weighted by atomic mass is 10.1. The quantitative estimate of drug-likeness (QED) is 0.751. The Bertz CT molecular complexity index is 511. The molecule has 0 aliphatic rings. The first-order valence-electron chi connectivity index (χ1n) is 4.37. The molecule has 2 rings (SSSR count). The zero-order valence-electron chi connectivity index (χ0n) is 7.88. The maximum atomic E-state index is 8.70. The molecular weight excluding hydrogens is 188 g/mol. The highest BCUT2D eigenvalue weighted by molar-refractivity contribution is 5.61. The summed E-state index contributed by atoms with van der Waals surface area (Å²) >= 11 is 0. The van der Waals surface area contributed by atoms with E-state index in [2.05, 4.69) is 9.97 Å². The molecule has 2 aromatic rings. The summed E-state index contributed by atoms with van der Waals surface area (Å²) in [5, 5.41) is 8.70. The number of hydrogen-bond donors (Lipinski definition) is 1. The van der Waals surface area contributed by atoms with E-state index in [4.69, 9.17) is 11.0 Å². The van der Waals surface area contributed by atoms with Crippen molar-refractivity contribution in [1.29, 1.82) is 5.26 Å². The third kappa shape index (κ3) is 1.92. The van der Waals surface area contributed by atoms with Crippen molar-refractivity contribution in [3.8, 4) is 17.3 Å². The maximum absolute atomic E-state index is 8.70. The normalized spacial score (nSPS) is 9.53. The van der Waals surface area contributed by atoms with Gasteiger partial charge in [0, 0.05) is 11.8 Å². The van der Waals surface area contributed by atoms with Crippen LogP contribution in [0.1, 0.15) is 5.69 Å². The van der Waals surface area contributed by atoms with Crippen LogP contribution in [0.15, 0.2) is 36.7 Å². The van der Waals surface area contributed by atoms with E-state index in [1.165, 1.54) is 0 Å². The van der Waals surface area contributed by atoms with E-state index >= 15 is 0 Å². The van der Waals surface area contributed by atoms with Crippen molar-refractivity contribution in [3.05, 3.63) is 42.4 Å². The minimum atomic E-state index is 0.381. The van der Waals surface area contributed by atoms with E-state index in [0.717, 1.165) is 11.3 Å². The van der Waals surface area contributed by atoms with Gasteiger partial charge in [0.25, 0.3) is 0 Å². The fourth-order valence-electron chi connectivity index (χ4n) is 1.23. The lowest BCUT2D eigenvalue weighted by molar-refractivity contribution is 1.25. The molecule has 15 heavy (non-hydrogen) atoms. The molecule has 0 fully saturated rings. The number of pyridine rings is 2. The second-order valence-electron chi connectivity index (χ2n) is 3.02. The highest BCUT2D eigenvalue weighted by Crippen LogP contribution is 2.17. The lowest BCUT2D eigenvalue weighted by Gasteiger charge is -2.00. The molecule has 0 bridgehead atoms. The van der Waals surface area contributed by atoms with E-state index in [1.807, 2.05) is 12.1 Å². The van der Waals surface area contributed by atoms with Gasteiger partial charge in [-0.25, -0.2) is 4.98 Å². The third-order valence-electron chi connectivity index (χ3n) is 1.96. The van der Waals surface area contributed by atoms with Gasteiger partial charge < -0.3 is 5.73 Å². The van der Waals surface area contributed by atoms with Crippen LogP contribution in [-0.2, 0) is 0 Å². The fraction of sp³-hybridized carbons (Fsp3) is 0. The molecule has 0 amide bonds. The minimum absolute atomic E-state index is 0.381. The predicted molar refractivity (Wildman–Crippen MR) is 56.6 cm³/mol. The Morgan fingerprint density at radius 1 is 1.20 bits per heavy atom. The summed E-state index contributed by atoms with van der Waals surface area (Å²) in [5.74, 6) is 0. The fourth-order valence-corrected chi connectivity index (χ4v) is 1.23. The highest BCUT2D eigenvalue weighted by Gasteiger charge is 2.00. The molecule has 0 aliphatic carbocycles. The van der Waals surface area contributed by atoms with Gasteiger partial charge >= 0.3 is 0 Å². The van der Waals surface area contributed by atoms with Gasteiger partial charge in [-0.1, -0.05) is 0 Å². The Morgan fingerprint density at radius 2 is 2.07 bits per heavy atom. The van der Waals surface area contributed by atoms with Crippen LogP contribution >= 0.6 is 0 Å². The van der Waals surface area contributed by atoms with Gasteiger partial charge in [0.15, 0.2) is 0 Å². The Hall–Kier alpha value is -2.41. The smallest absolute Gasteiger partial charge is 0.141 e. The van der Waals surface area contributed by atoms with Crippen LogP contribution in [0.2, 0.25) is 0 Å². The molecule has 72 valence electrons. The Balaban J connectivity index is 2.46. The van der Waals surface area contributed by atoms with Gasteiger partial charge in [-0.15, -0.1) is 0 Å². The summed E-state index contributed by atoms with van der Waals surface area (Å²) in [4.78, 5) is 8.05. The molecule has 0 spiro atoms. The first kappa shape index (κ1) is 9.16. The Kier molecular flexibility index (Phi) is 2.30. The predicted octanol–water partition coefficient (Wildman–Crippen LogP) is 1.60. The molecule has 2 heterocycles. The Morgan fingerprint density at radius 3 is 2.73 bits per heavy atom. The molecule has 0 saturated carbocycles. The maximum Gasteiger partial charge on any atom is 0.141 e. The van der Waals surface area contributed by atoms with Crippen molar-refractivity contribution in [3.63, 3.8) is 0 Å². The van der Waals surface area contributed by atoms with E-state index < -0.39 is 0 Å². The second kappa shape index (κ2) is 3.76. The topological polar surface area (TPSA) is 75.6 Å². The minimum Gasteiger partial charge on any atom is -0.397 e. The van der Waals surface area contributed by atoms with Crippen LogP contribution < -0.4 is 5.73 Å². The SMILES string of the molecule is N#Cc1cc(-c2ccc(N)cn2)ccn1. The number of nitriles is 1. The average Bonchev–Trinajstić information content (AvgIpc) is 2.30. The monoisotopic (exact) mass is 196 g/mol. The van der Waals surface area contributed by atoms with Gasteiger partial charge in [0.2, 0.25) is 0 Å². The zero-order valence-corrected chi connectivity index (χ0v) is 7.88.